The van der Waals surface area contributed by atoms with Crippen molar-refractivity contribution in [2.75, 3.05) is 18.4 Å². The van der Waals surface area contributed by atoms with Crippen molar-refractivity contribution in [2.24, 2.45) is 5.73 Å². The second-order valence-corrected chi connectivity index (χ2v) is 9.58. The van der Waals surface area contributed by atoms with Crippen molar-refractivity contribution in [3.05, 3.63) is 98.3 Å². The molecule has 0 spiro atoms. The third-order valence-electron chi connectivity index (χ3n) is 5.42. The van der Waals surface area contributed by atoms with Crippen LogP contribution in [0.5, 0.6) is 0 Å². The Bertz CT molecular complexity index is 1190. The Kier molecular flexibility index (Phi) is 7.13. The molecule has 0 aliphatic carbocycles. The minimum Gasteiger partial charge on any atom is -0.387 e. The van der Waals surface area contributed by atoms with Crippen LogP contribution in [-0.4, -0.2) is 29.8 Å². The van der Waals surface area contributed by atoms with Crippen LogP contribution in [0, 0.1) is 0 Å². The summed E-state index contributed by atoms with van der Waals surface area (Å²) in [7, 11) is 0. The summed E-state index contributed by atoms with van der Waals surface area (Å²) in [5.41, 5.74) is 10.7. The van der Waals surface area contributed by atoms with Gasteiger partial charge < -0.3 is 21.3 Å². The van der Waals surface area contributed by atoms with Crippen molar-refractivity contribution < 1.29 is 9.59 Å². The monoisotopic (exact) mass is 480 g/mol. The van der Waals surface area contributed by atoms with Gasteiger partial charge in [0.2, 0.25) is 0 Å². The fourth-order valence-electron chi connectivity index (χ4n) is 3.80. The molecule has 2 amide bonds. The molecule has 1 aromatic heterocycles. The van der Waals surface area contributed by atoms with Gasteiger partial charge in [-0.25, -0.2) is 0 Å². The van der Waals surface area contributed by atoms with Crippen LogP contribution in [0.1, 0.15) is 36.7 Å². The zero-order chi connectivity index (χ0) is 23.4. The van der Waals surface area contributed by atoms with Crippen molar-refractivity contribution in [3.63, 3.8) is 0 Å². The number of halogens is 1. The fourth-order valence-corrected chi connectivity index (χ4v) is 4.73. The number of thiophene rings is 1. The van der Waals surface area contributed by atoms with Crippen LogP contribution in [0.2, 0.25) is 4.34 Å². The van der Waals surface area contributed by atoms with Crippen molar-refractivity contribution in [2.45, 2.75) is 19.5 Å². The van der Waals surface area contributed by atoms with Crippen LogP contribution < -0.4 is 16.4 Å². The normalized spacial score (nSPS) is 12.5. The predicted octanol–water partition coefficient (Wildman–Crippen LogP) is 4.41. The van der Waals surface area contributed by atoms with Gasteiger partial charge in [0, 0.05) is 55.1 Å². The number of rotatable bonds is 9. The van der Waals surface area contributed by atoms with Gasteiger partial charge in [-0.05, 0) is 35.4 Å². The lowest BCUT2D eigenvalue weighted by Crippen LogP contribution is -2.23. The Morgan fingerprint density at radius 3 is 2.58 bits per heavy atom. The summed E-state index contributed by atoms with van der Waals surface area (Å²) < 4.78 is 0.557. The summed E-state index contributed by atoms with van der Waals surface area (Å²) in [4.78, 5) is 27.9. The van der Waals surface area contributed by atoms with Crippen molar-refractivity contribution in [1.29, 1.82) is 0 Å². The van der Waals surface area contributed by atoms with Gasteiger partial charge in [-0.2, -0.15) is 0 Å². The topological polar surface area (TPSA) is 87.5 Å². The maximum Gasteiger partial charge on any atom is 0.265 e. The van der Waals surface area contributed by atoms with Gasteiger partial charge in [0.25, 0.3) is 11.8 Å². The van der Waals surface area contributed by atoms with Crippen LogP contribution >= 0.6 is 22.9 Å². The van der Waals surface area contributed by atoms with E-state index < -0.39 is 0 Å². The summed E-state index contributed by atoms with van der Waals surface area (Å²) in [5.74, 6) is -0.270. The molecule has 6 nitrogen and oxygen atoms in total. The third-order valence-corrected chi connectivity index (χ3v) is 6.65. The molecule has 2 aromatic carbocycles. The molecule has 8 heteroatoms. The summed E-state index contributed by atoms with van der Waals surface area (Å²) >= 11 is 7.17. The Morgan fingerprint density at radius 1 is 1.12 bits per heavy atom. The summed E-state index contributed by atoms with van der Waals surface area (Å²) in [6.07, 6.45) is 0.729. The number of nitrogens with two attached hydrogens (primary N) is 1. The Morgan fingerprint density at radius 2 is 1.88 bits per heavy atom. The summed E-state index contributed by atoms with van der Waals surface area (Å²) in [6.45, 7) is 6.23. The molecule has 1 aliphatic heterocycles. The van der Waals surface area contributed by atoms with Crippen LogP contribution in [-0.2, 0) is 19.5 Å². The lowest BCUT2D eigenvalue weighted by molar-refractivity contribution is 0.0766. The number of fused-ring (bicyclic) bond motifs is 1. The quantitative estimate of drug-likeness (QED) is 0.423. The van der Waals surface area contributed by atoms with E-state index in [0.29, 0.717) is 46.6 Å². The molecule has 0 saturated heterocycles. The largest absolute Gasteiger partial charge is 0.387 e. The molecule has 0 unspecified atom stereocenters. The standard InChI is InChI=1S/C25H25ClN4O2S/c1-16(28-12-11-27)13-17-5-7-18(8-6-17)14-30-15-20-19(25(30)32)3-2-4-21(20)29-24(31)22-9-10-23(26)33-22/h2-10,28H,1,11-15,27H2,(H,29,31). The molecule has 0 bridgehead atoms. The number of nitrogens with zero attached hydrogens (tertiary/aromatic N) is 1. The van der Waals surface area contributed by atoms with Gasteiger partial charge in [-0.1, -0.05) is 48.5 Å². The van der Waals surface area contributed by atoms with Crippen LogP contribution in [0.4, 0.5) is 5.69 Å². The zero-order valence-corrected chi connectivity index (χ0v) is 19.6. The highest BCUT2D eigenvalue weighted by molar-refractivity contribution is 7.18. The SMILES string of the molecule is C=C(Cc1ccc(CN2Cc3c(NC(=O)c4ccc(Cl)s4)cccc3C2=O)cc1)NCCN. The summed E-state index contributed by atoms with van der Waals surface area (Å²) in [5, 5.41) is 6.12. The molecular formula is C25H25ClN4O2S. The average molecular weight is 481 g/mol. The summed E-state index contributed by atoms with van der Waals surface area (Å²) in [6, 6.07) is 17.0. The van der Waals surface area contributed by atoms with E-state index in [9.17, 15) is 9.59 Å². The predicted molar refractivity (Wildman–Crippen MR) is 134 cm³/mol. The van der Waals surface area contributed by atoms with E-state index in [0.717, 1.165) is 28.8 Å². The van der Waals surface area contributed by atoms with E-state index in [-0.39, 0.29) is 11.8 Å². The van der Waals surface area contributed by atoms with Gasteiger partial charge >= 0.3 is 0 Å². The number of anilines is 1. The van der Waals surface area contributed by atoms with Gasteiger partial charge in [0.15, 0.2) is 0 Å². The molecule has 3 aromatic rings. The minimum absolute atomic E-state index is 0.0382. The molecule has 0 saturated carbocycles. The highest BCUT2D eigenvalue weighted by Crippen LogP contribution is 2.31. The first-order valence-electron chi connectivity index (χ1n) is 10.6. The number of amides is 2. The molecule has 4 N–H and O–H groups in total. The second kappa shape index (κ2) is 10.2. The van der Waals surface area contributed by atoms with E-state index in [1.54, 1.807) is 29.2 Å². The van der Waals surface area contributed by atoms with E-state index in [4.69, 9.17) is 17.3 Å². The maximum atomic E-state index is 13.0. The highest BCUT2D eigenvalue weighted by atomic mass is 35.5. The molecule has 0 atom stereocenters. The zero-order valence-electron chi connectivity index (χ0n) is 18.1. The second-order valence-electron chi connectivity index (χ2n) is 7.86. The van der Waals surface area contributed by atoms with Gasteiger partial charge in [0.1, 0.15) is 0 Å². The van der Waals surface area contributed by atoms with Crippen molar-refractivity contribution in [1.82, 2.24) is 10.2 Å². The Labute approximate surface area is 202 Å². The molecule has 33 heavy (non-hydrogen) atoms. The minimum atomic E-state index is -0.232. The first-order valence-corrected chi connectivity index (χ1v) is 11.8. The number of hydrogen-bond acceptors (Lipinski definition) is 5. The first-order chi connectivity index (χ1) is 15.9. The van der Waals surface area contributed by atoms with Crippen LogP contribution in [0.3, 0.4) is 0 Å². The number of allylic oxidation sites excluding steroid dienone is 1. The number of carbonyl (C=O) groups excluding carboxylic acids is 2. The van der Waals surface area contributed by atoms with Crippen LogP contribution in [0.15, 0.2) is 66.9 Å². The van der Waals surface area contributed by atoms with Gasteiger partial charge in [0.05, 0.1) is 9.21 Å². The third kappa shape index (κ3) is 5.45. The number of benzene rings is 2. The lowest BCUT2D eigenvalue weighted by Gasteiger charge is -2.16. The van der Waals surface area contributed by atoms with Gasteiger partial charge in [-0.3, -0.25) is 9.59 Å². The smallest absolute Gasteiger partial charge is 0.265 e. The van der Waals surface area contributed by atoms with E-state index in [2.05, 4.69) is 29.3 Å². The Hall–Kier alpha value is -3.13. The van der Waals surface area contributed by atoms with Crippen molar-refractivity contribution >= 4 is 40.4 Å². The molecule has 0 radical (unpaired) electrons. The van der Waals surface area contributed by atoms with E-state index in [1.807, 2.05) is 18.2 Å². The number of hydrogen-bond donors (Lipinski definition) is 3. The fraction of sp³-hybridized carbons (Fsp3) is 0.200. The molecule has 170 valence electrons. The van der Waals surface area contributed by atoms with Crippen LogP contribution in [0.25, 0.3) is 0 Å². The molecule has 1 aliphatic rings. The van der Waals surface area contributed by atoms with Gasteiger partial charge in [-0.15, -0.1) is 11.3 Å². The molecule has 0 fully saturated rings. The molecular weight excluding hydrogens is 456 g/mol. The molecule has 4 rings (SSSR count). The van der Waals surface area contributed by atoms with E-state index >= 15 is 0 Å². The van der Waals surface area contributed by atoms with Crippen molar-refractivity contribution in [3.8, 4) is 0 Å². The number of nitrogens with one attached hydrogen (secondary N) is 2. The lowest BCUT2D eigenvalue weighted by atomic mass is 10.1. The first kappa shape index (κ1) is 23.0. The average Bonchev–Trinajstić information content (AvgIpc) is 3.38. The molecule has 2 heterocycles. The number of carbonyl (C=O) groups is 2. The maximum absolute atomic E-state index is 13.0. The van der Waals surface area contributed by atoms with E-state index in [1.165, 1.54) is 11.3 Å². The Balaban J connectivity index is 1.42. The highest BCUT2D eigenvalue weighted by Gasteiger charge is 2.29.